The summed E-state index contributed by atoms with van der Waals surface area (Å²) in [5.74, 6) is 0.636. The van der Waals surface area contributed by atoms with Crippen LogP contribution in [0.2, 0.25) is 0 Å². The van der Waals surface area contributed by atoms with Crippen LogP contribution in [0.5, 0.6) is 5.75 Å². The van der Waals surface area contributed by atoms with Gasteiger partial charge in [0.25, 0.3) is 5.91 Å². The molecule has 4 heteroatoms. The average molecular weight is 352 g/mol. The van der Waals surface area contributed by atoms with Gasteiger partial charge in [0.1, 0.15) is 5.75 Å². The summed E-state index contributed by atoms with van der Waals surface area (Å²) in [4.78, 5) is 14.7. The maximum absolute atomic E-state index is 12.2. The van der Waals surface area contributed by atoms with Gasteiger partial charge in [-0.2, -0.15) is 0 Å². The number of para-hydroxylation sites is 1. The van der Waals surface area contributed by atoms with Gasteiger partial charge in [-0.1, -0.05) is 49.4 Å². The molecule has 138 valence electrons. The van der Waals surface area contributed by atoms with E-state index in [1.165, 1.54) is 24.0 Å². The molecule has 1 aliphatic rings. The third-order valence-corrected chi connectivity index (χ3v) is 4.96. The van der Waals surface area contributed by atoms with E-state index in [9.17, 15) is 4.79 Å². The highest BCUT2D eigenvalue weighted by Gasteiger charge is 2.24. The second-order valence-corrected chi connectivity index (χ2v) is 6.76. The summed E-state index contributed by atoms with van der Waals surface area (Å²) in [6.07, 6.45) is 3.51. The Morgan fingerprint density at radius 3 is 2.42 bits per heavy atom. The van der Waals surface area contributed by atoms with E-state index >= 15 is 0 Å². The fraction of sp³-hybridized carbons (Fsp3) is 0.409. The highest BCUT2D eigenvalue weighted by molar-refractivity contribution is 5.77. The molecular formula is C22H28N2O2. The van der Waals surface area contributed by atoms with Crippen LogP contribution in [-0.4, -0.2) is 37.0 Å². The van der Waals surface area contributed by atoms with Gasteiger partial charge in [-0.05, 0) is 55.6 Å². The minimum absolute atomic E-state index is 0.0471. The average Bonchev–Trinajstić information content (AvgIpc) is 3.22. The minimum atomic E-state index is -0.0803. The summed E-state index contributed by atoms with van der Waals surface area (Å²) in [5, 5.41) is 3.05. The summed E-state index contributed by atoms with van der Waals surface area (Å²) in [6, 6.07) is 18.5. The van der Waals surface area contributed by atoms with E-state index in [1.54, 1.807) is 0 Å². The first-order chi connectivity index (χ1) is 12.8. The summed E-state index contributed by atoms with van der Waals surface area (Å²) >= 11 is 0. The fourth-order valence-corrected chi connectivity index (χ4v) is 3.41. The Balaban J connectivity index is 1.57. The van der Waals surface area contributed by atoms with Crippen LogP contribution in [0.15, 0.2) is 54.6 Å². The normalized spacial score (nSPS) is 15.6. The highest BCUT2D eigenvalue weighted by Crippen LogP contribution is 2.25. The van der Waals surface area contributed by atoms with Crippen molar-refractivity contribution < 1.29 is 9.53 Å². The summed E-state index contributed by atoms with van der Waals surface area (Å²) in [6.45, 7) is 5.01. The zero-order valence-electron chi connectivity index (χ0n) is 15.5. The van der Waals surface area contributed by atoms with Crippen LogP contribution >= 0.6 is 0 Å². The van der Waals surface area contributed by atoms with E-state index in [0.717, 1.165) is 19.5 Å². The molecule has 4 nitrogen and oxygen atoms in total. The van der Waals surface area contributed by atoms with Gasteiger partial charge in [-0.25, -0.2) is 0 Å². The van der Waals surface area contributed by atoms with Crippen molar-refractivity contribution in [1.82, 2.24) is 10.2 Å². The second kappa shape index (κ2) is 9.39. The van der Waals surface area contributed by atoms with Crippen LogP contribution in [0, 0.1) is 0 Å². The van der Waals surface area contributed by atoms with Crippen molar-refractivity contribution in [2.75, 3.05) is 26.2 Å². The summed E-state index contributed by atoms with van der Waals surface area (Å²) in [7, 11) is 0. The molecule has 2 aromatic rings. The molecule has 0 aromatic heterocycles. The first-order valence-electron chi connectivity index (χ1n) is 9.53. The van der Waals surface area contributed by atoms with Gasteiger partial charge in [-0.3, -0.25) is 9.69 Å². The predicted molar refractivity (Wildman–Crippen MR) is 104 cm³/mol. The standard InChI is InChI=1S/C22H28N2O2/c1-2-18-10-12-19(13-11-18)21(24-14-6-7-15-24)16-23-22(25)17-26-20-8-4-3-5-9-20/h3-5,8-13,21H,2,6-7,14-17H2,1H3,(H,23,25)/t21-/m0/s1. The van der Waals surface area contributed by atoms with E-state index < -0.39 is 0 Å². The molecule has 1 heterocycles. The predicted octanol–water partition coefficient (Wildman–Crippen LogP) is 3.58. The number of carbonyl (C=O) groups excluding carboxylic acids is 1. The fourth-order valence-electron chi connectivity index (χ4n) is 3.41. The van der Waals surface area contributed by atoms with E-state index in [2.05, 4.69) is 41.4 Å². The second-order valence-electron chi connectivity index (χ2n) is 6.76. The van der Waals surface area contributed by atoms with Gasteiger partial charge in [0.05, 0.1) is 6.04 Å². The molecule has 0 saturated carbocycles. The molecule has 3 rings (SSSR count). The molecule has 0 spiro atoms. The molecule has 1 fully saturated rings. The molecule has 0 aliphatic carbocycles. The SMILES string of the molecule is CCc1ccc([C@H](CNC(=O)COc2ccccc2)N2CCCC2)cc1. The number of nitrogens with one attached hydrogen (secondary N) is 1. The topological polar surface area (TPSA) is 41.6 Å². The van der Waals surface area contributed by atoms with Crippen LogP contribution in [-0.2, 0) is 11.2 Å². The lowest BCUT2D eigenvalue weighted by atomic mass is 10.0. The Kier molecular flexibility index (Phi) is 6.67. The molecule has 1 amide bonds. The van der Waals surface area contributed by atoms with Crippen LogP contribution in [0.3, 0.4) is 0 Å². The third-order valence-electron chi connectivity index (χ3n) is 4.96. The first kappa shape index (κ1) is 18.5. The lowest BCUT2D eigenvalue weighted by molar-refractivity contribution is -0.123. The van der Waals surface area contributed by atoms with E-state index in [1.807, 2.05) is 30.3 Å². The number of benzene rings is 2. The maximum atomic E-state index is 12.2. The van der Waals surface area contributed by atoms with Crippen molar-refractivity contribution in [3.05, 3.63) is 65.7 Å². The molecular weight excluding hydrogens is 324 g/mol. The number of hydrogen-bond acceptors (Lipinski definition) is 3. The molecule has 1 N–H and O–H groups in total. The Morgan fingerprint density at radius 1 is 1.08 bits per heavy atom. The van der Waals surface area contributed by atoms with E-state index in [-0.39, 0.29) is 18.6 Å². The Hall–Kier alpha value is -2.33. The Bertz CT molecular complexity index is 679. The van der Waals surface area contributed by atoms with Gasteiger partial charge in [0, 0.05) is 6.54 Å². The largest absolute Gasteiger partial charge is 0.484 e. The van der Waals surface area contributed by atoms with E-state index in [0.29, 0.717) is 12.3 Å². The van der Waals surface area contributed by atoms with Crippen molar-refractivity contribution in [2.45, 2.75) is 32.2 Å². The van der Waals surface area contributed by atoms with Crippen molar-refractivity contribution >= 4 is 5.91 Å². The third kappa shape index (κ3) is 5.09. The van der Waals surface area contributed by atoms with Gasteiger partial charge < -0.3 is 10.1 Å². The quantitative estimate of drug-likeness (QED) is 0.789. The smallest absolute Gasteiger partial charge is 0.258 e. The number of amides is 1. The van der Waals surface area contributed by atoms with Crippen LogP contribution < -0.4 is 10.1 Å². The molecule has 2 aromatic carbocycles. The van der Waals surface area contributed by atoms with Gasteiger partial charge >= 0.3 is 0 Å². The van der Waals surface area contributed by atoms with Crippen LogP contribution in [0.1, 0.15) is 36.9 Å². The van der Waals surface area contributed by atoms with Gasteiger partial charge in [0.15, 0.2) is 6.61 Å². The minimum Gasteiger partial charge on any atom is -0.484 e. The zero-order valence-corrected chi connectivity index (χ0v) is 15.5. The molecule has 0 bridgehead atoms. The van der Waals surface area contributed by atoms with Gasteiger partial charge in [0.2, 0.25) is 0 Å². The van der Waals surface area contributed by atoms with Crippen LogP contribution in [0.4, 0.5) is 0 Å². The number of ether oxygens (including phenoxy) is 1. The Morgan fingerprint density at radius 2 is 1.77 bits per heavy atom. The van der Waals surface area contributed by atoms with Crippen molar-refractivity contribution in [2.24, 2.45) is 0 Å². The van der Waals surface area contributed by atoms with Crippen molar-refractivity contribution in [1.29, 1.82) is 0 Å². The van der Waals surface area contributed by atoms with E-state index in [4.69, 9.17) is 4.74 Å². The molecule has 1 saturated heterocycles. The number of nitrogens with zero attached hydrogens (tertiary/aromatic N) is 1. The van der Waals surface area contributed by atoms with Crippen LogP contribution in [0.25, 0.3) is 0 Å². The number of likely N-dealkylation sites (tertiary alicyclic amines) is 1. The number of carbonyl (C=O) groups is 1. The maximum Gasteiger partial charge on any atom is 0.258 e. The summed E-state index contributed by atoms with van der Waals surface area (Å²) in [5.41, 5.74) is 2.61. The number of rotatable bonds is 8. The lowest BCUT2D eigenvalue weighted by Crippen LogP contribution is -2.38. The summed E-state index contributed by atoms with van der Waals surface area (Å²) < 4.78 is 5.54. The highest BCUT2D eigenvalue weighted by atomic mass is 16.5. The first-order valence-corrected chi connectivity index (χ1v) is 9.53. The molecule has 0 radical (unpaired) electrons. The Labute approximate surface area is 156 Å². The van der Waals surface area contributed by atoms with Gasteiger partial charge in [-0.15, -0.1) is 0 Å². The molecule has 1 aliphatic heterocycles. The number of hydrogen-bond donors (Lipinski definition) is 1. The lowest BCUT2D eigenvalue weighted by Gasteiger charge is -2.28. The molecule has 1 atom stereocenters. The zero-order chi connectivity index (χ0) is 18.2. The molecule has 0 unspecified atom stereocenters. The van der Waals surface area contributed by atoms with Crippen molar-refractivity contribution in [3.63, 3.8) is 0 Å². The molecule has 26 heavy (non-hydrogen) atoms. The monoisotopic (exact) mass is 352 g/mol. The number of aryl methyl sites for hydroxylation is 1. The van der Waals surface area contributed by atoms with Crippen molar-refractivity contribution in [3.8, 4) is 5.75 Å².